The molecule has 1 nitrogen and oxygen atoms in total. The van der Waals surface area contributed by atoms with Crippen LogP contribution in [0.2, 0.25) is 10.6 Å². The summed E-state index contributed by atoms with van der Waals surface area (Å²) in [7, 11) is 0. The van der Waals surface area contributed by atoms with Crippen LogP contribution >= 0.6 is 0 Å². The summed E-state index contributed by atoms with van der Waals surface area (Å²) >= 11 is -0.655. The van der Waals surface area contributed by atoms with Crippen molar-refractivity contribution in [3.63, 3.8) is 0 Å². The fourth-order valence-corrected chi connectivity index (χ4v) is 5.58. The van der Waals surface area contributed by atoms with Gasteiger partial charge in [-0.2, -0.15) is 0 Å². The molecule has 1 aliphatic rings. The quantitative estimate of drug-likeness (QED) is 0.588. The minimum Gasteiger partial charge on any atom is -0.466 e. The summed E-state index contributed by atoms with van der Waals surface area (Å²) in [4.78, 5) is 0. The van der Waals surface area contributed by atoms with Crippen LogP contribution in [0.5, 0.6) is 0 Å². The van der Waals surface area contributed by atoms with Gasteiger partial charge in [0.15, 0.2) is 0 Å². The van der Waals surface area contributed by atoms with Gasteiger partial charge in [0.1, 0.15) is 0 Å². The van der Waals surface area contributed by atoms with Gasteiger partial charge in [-0.05, 0) is 12.3 Å². The molecule has 15 heavy (non-hydrogen) atoms. The van der Waals surface area contributed by atoms with Gasteiger partial charge in [-0.25, -0.2) is 0 Å². The topological polar surface area (TPSA) is 3.24 Å². The molecule has 0 bridgehead atoms. The fourth-order valence-electron chi connectivity index (χ4n) is 2.11. The van der Waals surface area contributed by atoms with Crippen LogP contribution < -0.4 is 0 Å². The van der Waals surface area contributed by atoms with E-state index in [0.717, 1.165) is 0 Å². The van der Waals surface area contributed by atoms with E-state index in [2.05, 4.69) is 42.2 Å². The summed E-state index contributed by atoms with van der Waals surface area (Å²) in [5, 5.41) is 2.99. The number of hydrogen-bond donors (Lipinski definition) is 0. The van der Waals surface area contributed by atoms with Crippen molar-refractivity contribution in [3.05, 3.63) is 24.4 Å². The smallest absolute Gasteiger partial charge is 0.413 e. The van der Waals surface area contributed by atoms with Gasteiger partial charge in [-0.1, -0.05) is 62.2 Å². The molecule has 0 aromatic carbocycles. The first-order valence-corrected chi connectivity index (χ1v) is 8.62. The molecule has 1 rings (SSSR count). The molecule has 0 amide bonds. The van der Waals surface area contributed by atoms with Gasteiger partial charge in [0, 0.05) is 6.54 Å². The highest BCUT2D eigenvalue weighted by Gasteiger charge is 2.23. The molecule has 0 spiro atoms. The van der Waals surface area contributed by atoms with Gasteiger partial charge in [-0.15, -0.1) is 0 Å². The average Bonchev–Trinajstić information content (AvgIpc) is 2.30. The zero-order valence-corrected chi connectivity index (χ0v) is 11.4. The fraction of sp³-hybridized carbons (Fsp3) is 0.692. The number of allylic oxidation sites excluding steroid dienone is 2. The summed E-state index contributed by atoms with van der Waals surface area (Å²) in [6.07, 6.45) is 14.5. The highest BCUT2D eigenvalue weighted by molar-refractivity contribution is 6.56. The van der Waals surface area contributed by atoms with Crippen molar-refractivity contribution in [3.8, 4) is 0 Å². The molecular formula is C13H24AlN. The van der Waals surface area contributed by atoms with Gasteiger partial charge in [0.2, 0.25) is 0 Å². The van der Waals surface area contributed by atoms with E-state index in [-0.39, 0.29) is 0 Å². The molecule has 0 unspecified atom stereocenters. The predicted molar refractivity (Wildman–Crippen MR) is 70.2 cm³/mol. The molecule has 2 heteroatoms. The molecule has 0 aromatic rings. The molecule has 0 saturated heterocycles. The summed E-state index contributed by atoms with van der Waals surface area (Å²) < 4.78 is 2.64. The summed E-state index contributed by atoms with van der Waals surface area (Å²) in [5.41, 5.74) is 0. The van der Waals surface area contributed by atoms with Gasteiger partial charge < -0.3 is 3.88 Å². The van der Waals surface area contributed by atoms with E-state index in [1.54, 1.807) is 0 Å². The van der Waals surface area contributed by atoms with Crippen molar-refractivity contribution in [2.24, 2.45) is 0 Å². The first kappa shape index (κ1) is 12.9. The van der Waals surface area contributed by atoms with Crippen LogP contribution in [-0.4, -0.2) is 24.8 Å². The highest BCUT2D eigenvalue weighted by Crippen LogP contribution is 2.15. The Labute approximate surface area is 99.5 Å². The Morgan fingerprint density at radius 2 is 1.73 bits per heavy atom. The molecule has 0 aromatic heterocycles. The summed E-state index contributed by atoms with van der Waals surface area (Å²) in [6, 6.07) is 0. The van der Waals surface area contributed by atoms with Crippen LogP contribution in [0.4, 0.5) is 0 Å². The second kappa shape index (κ2) is 8.02. The van der Waals surface area contributed by atoms with E-state index < -0.39 is 14.4 Å². The van der Waals surface area contributed by atoms with Gasteiger partial charge in [-0.3, -0.25) is 0 Å². The number of rotatable bonds is 7. The van der Waals surface area contributed by atoms with Gasteiger partial charge in [0.05, 0.1) is 0 Å². The molecule has 0 aliphatic carbocycles. The minimum atomic E-state index is -0.655. The third-order valence-electron chi connectivity index (χ3n) is 3.09. The molecule has 0 N–H and O–H groups in total. The van der Waals surface area contributed by atoms with E-state index in [4.69, 9.17) is 0 Å². The standard InChI is InChI=1S/C5H6N.2C4H9.Al/c1-2-4-6-5-3-1;2*1-3-4-2;/h1-4H,5H2;2*1,3-4H2,2H3;/q-1;;;+1. The maximum atomic E-state index is 2.64. The van der Waals surface area contributed by atoms with Crippen LogP contribution in [0.1, 0.15) is 39.5 Å². The maximum absolute atomic E-state index is 2.64. The van der Waals surface area contributed by atoms with Crippen LogP contribution in [0.3, 0.4) is 0 Å². The number of nitrogens with zero attached hydrogens (tertiary/aromatic N) is 1. The lowest BCUT2D eigenvalue weighted by Gasteiger charge is -2.28. The van der Waals surface area contributed by atoms with Crippen molar-refractivity contribution in [1.82, 2.24) is 3.88 Å². The Kier molecular flexibility index (Phi) is 6.89. The molecule has 0 saturated carbocycles. The zero-order chi connectivity index (χ0) is 10.9. The number of unbranched alkanes of at least 4 members (excludes halogenated alkanes) is 2. The Morgan fingerprint density at radius 3 is 2.20 bits per heavy atom. The van der Waals surface area contributed by atoms with E-state index in [9.17, 15) is 0 Å². The molecule has 1 aliphatic heterocycles. The lowest BCUT2D eigenvalue weighted by molar-refractivity contribution is 0.611. The summed E-state index contributed by atoms with van der Waals surface area (Å²) in [5.74, 6) is 0. The largest absolute Gasteiger partial charge is 0.466 e. The van der Waals surface area contributed by atoms with E-state index in [0.29, 0.717) is 0 Å². The normalized spacial score (nSPS) is 14.7. The monoisotopic (exact) mass is 221 g/mol. The Balaban J connectivity index is 2.39. The Hall–Kier alpha value is -0.188. The van der Waals surface area contributed by atoms with Crippen molar-refractivity contribution in [2.45, 2.75) is 50.1 Å². The van der Waals surface area contributed by atoms with Crippen molar-refractivity contribution < 1.29 is 0 Å². The minimum absolute atomic E-state index is 0.655. The maximum Gasteiger partial charge on any atom is 0.413 e. The molecule has 0 atom stereocenters. The van der Waals surface area contributed by atoms with Crippen LogP contribution in [0, 0.1) is 0 Å². The first-order valence-electron chi connectivity index (χ1n) is 6.47. The third kappa shape index (κ3) is 4.91. The predicted octanol–water partition coefficient (Wildman–Crippen LogP) is 3.96. The average molecular weight is 221 g/mol. The van der Waals surface area contributed by atoms with Crippen LogP contribution in [0.15, 0.2) is 24.4 Å². The third-order valence-corrected chi connectivity index (χ3v) is 6.56. The first-order chi connectivity index (χ1) is 7.38. The second-order valence-electron chi connectivity index (χ2n) is 4.40. The Bertz CT molecular complexity index is 203. The zero-order valence-electron chi connectivity index (χ0n) is 10.3. The molecular weight excluding hydrogens is 197 g/mol. The Morgan fingerprint density at radius 1 is 1.07 bits per heavy atom. The second-order valence-corrected chi connectivity index (χ2v) is 7.53. The molecule has 0 fully saturated rings. The van der Waals surface area contributed by atoms with Crippen molar-refractivity contribution in [1.29, 1.82) is 0 Å². The molecule has 0 radical (unpaired) electrons. The molecule has 84 valence electrons. The number of hydrogen-bond acceptors (Lipinski definition) is 1. The van der Waals surface area contributed by atoms with Gasteiger partial charge >= 0.3 is 14.4 Å². The van der Waals surface area contributed by atoms with Crippen LogP contribution in [0.25, 0.3) is 0 Å². The summed E-state index contributed by atoms with van der Waals surface area (Å²) in [6.45, 7) is 5.77. The van der Waals surface area contributed by atoms with E-state index >= 15 is 0 Å². The lowest BCUT2D eigenvalue weighted by Crippen LogP contribution is -2.35. The van der Waals surface area contributed by atoms with Crippen LogP contribution in [-0.2, 0) is 0 Å². The van der Waals surface area contributed by atoms with E-state index in [1.807, 2.05) is 0 Å². The SMILES string of the molecule is CCC[CH2][Al]([CH2]CCC)[N]1C=CC=CC1. The highest BCUT2D eigenvalue weighted by atomic mass is 27.2. The van der Waals surface area contributed by atoms with Crippen molar-refractivity contribution in [2.75, 3.05) is 6.54 Å². The molecule has 1 heterocycles. The van der Waals surface area contributed by atoms with Gasteiger partial charge in [0.25, 0.3) is 0 Å². The van der Waals surface area contributed by atoms with Crippen molar-refractivity contribution >= 4 is 14.4 Å². The van der Waals surface area contributed by atoms with E-state index in [1.165, 1.54) is 42.8 Å². The lowest BCUT2D eigenvalue weighted by atomic mass is 10.4.